The second kappa shape index (κ2) is 6.19. The van der Waals surface area contributed by atoms with Crippen molar-refractivity contribution in [2.24, 2.45) is 5.92 Å². The van der Waals surface area contributed by atoms with Gasteiger partial charge in [0, 0.05) is 48.2 Å². The molecule has 1 aromatic carbocycles. The largest absolute Gasteiger partial charge is 0.381 e. The zero-order valence-corrected chi connectivity index (χ0v) is 15.5. The zero-order chi connectivity index (χ0) is 18.6. The normalized spacial score (nSPS) is 22.1. The van der Waals surface area contributed by atoms with E-state index in [0.29, 0.717) is 36.9 Å². The van der Waals surface area contributed by atoms with E-state index in [1.54, 1.807) is 12.3 Å². The lowest BCUT2D eigenvalue weighted by Crippen LogP contribution is -2.37. The molecule has 7 heteroatoms. The number of benzene rings is 1. The molecule has 0 bridgehead atoms. The van der Waals surface area contributed by atoms with Gasteiger partial charge in [-0.3, -0.25) is 9.89 Å². The van der Waals surface area contributed by atoms with Gasteiger partial charge in [0.15, 0.2) is 0 Å². The van der Waals surface area contributed by atoms with E-state index in [1.165, 1.54) is 0 Å². The summed E-state index contributed by atoms with van der Waals surface area (Å²) in [4.78, 5) is 14.7. The number of likely N-dealkylation sites (tertiary alicyclic amines) is 1. The summed E-state index contributed by atoms with van der Waals surface area (Å²) in [6.07, 6.45) is 6.95. The van der Waals surface area contributed by atoms with E-state index in [1.807, 2.05) is 23.1 Å². The second-order valence-electron chi connectivity index (χ2n) is 7.53. The van der Waals surface area contributed by atoms with Crippen LogP contribution in [0, 0.1) is 5.92 Å². The van der Waals surface area contributed by atoms with Crippen LogP contribution >= 0.6 is 11.6 Å². The zero-order valence-electron chi connectivity index (χ0n) is 14.7. The SMILES string of the molecule is O=C(C1CCOCC1)N1CC2=CC(O)(c3cc(Cl)cc4cn[nH]c34)C=C2C1. The van der Waals surface area contributed by atoms with E-state index in [4.69, 9.17) is 16.3 Å². The lowest BCUT2D eigenvalue weighted by atomic mass is 9.93. The van der Waals surface area contributed by atoms with Crippen molar-refractivity contribution in [3.05, 3.63) is 52.2 Å². The third-order valence-electron chi connectivity index (χ3n) is 5.75. The number of carbonyl (C=O) groups excluding carboxylic acids is 1. The van der Waals surface area contributed by atoms with Gasteiger partial charge in [0.2, 0.25) is 5.91 Å². The van der Waals surface area contributed by atoms with Gasteiger partial charge < -0.3 is 14.7 Å². The molecule has 140 valence electrons. The number of ether oxygens (including phenoxy) is 1. The molecule has 2 aromatic rings. The Morgan fingerprint density at radius 3 is 2.67 bits per heavy atom. The van der Waals surface area contributed by atoms with Gasteiger partial charge in [0.1, 0.15) is 5.60 Å². The van der Waals surface area contributed by atoms with Crippen molar-refractivity contribution < 1.29 is 14.6 Å². The van der Waals surface area contributed by atoms with Gasteiger partial charge >= 0.3 is 0 Å². The Labute approximate surface area is 161 Å². The van der Waals surface area contributed by atoms with Crippen LogP contribution in [-0.4, -0.2) is 52.4 Å². The summed E-state index contributed by atoms with van der Waals surface area (Å²) in [5, 5.41) is 19.7. The summed E-state index contributed by atoms with van der Waals surface area (Å²) in [5.41, 5.74) is 2.22. The number of fused-ring (bicyclic) bond motifs is 2. The monoisotopic (exact) mass is 385 g/mol. The highest BCUT2D eigenvalue weighted by molar-refractivity contribution is 6.31. The number of nitrogens with zero attached hydrogens (tertiary/aromatic N) is 2. The van der Waals surface area contributed by atoms with Gasteiger partial charge in [-0.15, -0.1) is 0 Å². The van der Waals surface area contributed by atoms with E-state index < -0.39 is 5.60 Å². The van der Waals surface area contributed by atoms with Gasteiger partial charge in [0.25, 0.3) is 0 Å². The maximum atomic E-state index is 12.8. The molecule has 6 nitrogen and oxygen atoms in total. The fraction of sp³-hybridized carbons (Fsp3) is 0.400. The van der Waals surface area contributed by atoms with Crippen LogP contribution in [0.2, 0.25) is 5.02 Å². The van der Waals surface area contributed by atoms with Crippen LogP contribution in [0.4, 0.5) is 0 Å². The van der Waals surface area contributed by atoms with Crippen LogP contribution in [-0.2, 0) is 15.1 Å². The number of hydrogen-bond acceptors (Lipinski definition) is 4. The molecular weight excluding hydrogens is 366 g/mol. The first-order valence-corrected chi connectivity index (χ1v) is 9.57. The molecule has 0 saturated carbocycles. The maximum absolute atomic E-state index is 12.8. The van der Waals surface area contributed by atoms with Gasteiger partial charge in [-0.25, -0.2) is 0 Å². The highest BCUT2D eigenvalue weighted by Crippen LogP contribution is 2.42. The molecule has 3 heterocycles. The smallest absolute Gasteiger partial charge is 0.226 e. The molecular formula is C20H20ClN3O3. The summed E-state index contributed by atoms with van der Waals surface area (Å²) in [6.45, 7) is 2.39. The Morgan fingerprint density at radius 1 is 1.26 bits per heavy atom. The van der Waals surface area contributed by atoms with E-state index in [9.17, 15) is 9.90 Å². The Kier molecular flexibility index (Phi) is 3.89. The number of halogens is 1. The number of hydrogen-bond donors (Lipinski definition) is 2. The first-order valence-electron chi connectivity index (χ1n) is 9.19. The van der Waals surface area contributed by atoms with Crippen LogP contribution in [0.25, 0.3) is 10.9 Å². The molecule has 0 spiro atoms. The molecule has 2 aliphatic heterocycles. The van der Waals surface area contributed by atoms with Crippen LogP contribution in [0.3, 0.4) is 0 Å². The minimum Gasteiger partial charge on any atom is -0.381 e. The topological polar surface area (TPSA) is 78.4 Å². The Morgan fingerprint density at radius 2 is 1.96 bits per heavy atom. The third-order valence-corrected chi connectivity index (χ3v) is 5.97. The fourth-order valence-electron chi connectivity index (χ4n) is 4.37. The van der Waals surface area contributed by atoms with Crippen molar-refractivity contribution in [1.82, 2.24) is 15.1 Å². The lowest BCUT2D eigenvalue weighted by Gasteiger charge is -2.26. The Hall–Kier alpha value is -2.15. The summed E-state index contributed by atoms with van der Waals surface area (Å²) < 4.78 is 5.36. The molecule has 0 atom stereocenters. The van der Waals surface area contributed by atoms with Crippen molar-refractivity contribution in [2.75, 3.05) is 26.3 Å². The number of rotatable bonds is 2. The summed E-state index contributed by atoms with van der Waals surface area (Å²) in [7, 11) is 0. The first-order chi connectivity index (χ1) is 13.0. The highest BCUT2D eigenvalue weighted by Gasteiger charge is 2.40. The Balaban J connectivity index is 1.42. The highest BCUT2D eigenvalue weighted by atomic mass is 35.5. The molecule has 2 fully saturated rings. The van der Waals surface area contributed by atoms with E-state index in [-0.39, 0.29) is 11.8 Å². The molecule has 0 radical (unpaired) electrons. The van der Waals surface area contributed by atoms with Crippen molar-refractivity contribution in [2.45, 2.75) is 18.4 Å². The second-order valence-corrected chi connectivity index (χ2v) is 7.97. The predicted octanol–water partition coefficient (Wildman–Crippen LogP) is 2.54. The van der Waals surface area contributed by atoms with Crippen LogP contribution in [0.1, 0.15) is 18.4 Å². The van der Waals surface area contributed by atoms with Crippen LogP contribution in [0.5, 0.6) is 0 Å². The van der Waals surface area contributed by atoms with Crippen molar-refractivity contribution >= 4 is 28.4 Å². The van der Waals surface area contributed by atoms with Crippen molar-refractivity contribution in [3.63, 3.8) is 0 Å². The molecule has 2 saturated heterocycles. The minimum absolute atomic E-state index is 0.0511. The molecule has 1 aromatic heterocycles. The number of amides is 1. The van der Waals surface area contributed by atoms with E-state index >= 15 is 0 Å². The van der Waals surface area contributed by atoms with E-state index in [2.05, 4.69) is 10.2 Å². The predicted molar refractivity (Wildman–Crippen MR) is 101 cm³/mol. The number of aliphatic hydroxyl groups is 1. The molecule has 0 unspecified atom stereocenters. The molecule has 2 N–H and O–H groups in total. The van der Waals surface area contributed by atoms with E-state index in [0.717, 1.165) is 34.9 Å². The molecule has 1 amide bonds. The standard InChI is InChI=1S/C20H20ClN3O3/c21-16-5-13-9-22-23-18(13)17(6-16)20(26)7-14-10-24(11-15(14)8-20)19(25)12-1-3-27-4-2-12/h5-9,12,26H,1-4,10-11H2,(H,22,23). The fourth-order valence-corrected chi connectivity index (χ4v) is 4.60. The van der Waals surface area contributed by atoms with Gasteiger partial charge in [-0.1, -0.05) is 11.6 Å². The third kappa shape index (κ3) is 2.79. The van der Waals surface area contributed by atoms with Gasteiger partial charge in [-0.2, -0.15) is 5.10 Å². The maximum Gasteiger partial charge on any atom is 0.226 e. The Bertz CT molecular complexity index is 966. The number of nitrogens with one attached hydrogen (secondary N) is 1. The van der Waals surface area contributed by atoms with Crippen molar-refractivity contribution in [1.29, 1.82) is 0 Å². The van der Waals surface area contributed by atoms with Crippen molar-refractivity contribution in [3.8, 4) is 0 Å². The average Bonchev–Trinajstić information content (AvgIpc) is 3.34. The first kappa shape index (κ1) is 17.0. The quantitative estimate of drug-likeness (QED) is 0.832. The van der Waals surface area contributed by atoms with Crippen LogP contribution in [0.15, 0.2) is 41.6 Å². The summed E-state index contributed by atoms with van der Waals surface area (Å²) >= 11 is 6.24. The number of H-pyrrole nitrogens is 1. The molecule has 27 heavy (non-hydrogen) atoms. The average molecular weight is 386 g/mol. The minimum atomic E-state index is -1.24. The number of aromatic amines is 1. The van der Waals surface area contributed by atoms with Crippen LogP contribution < -0.4 is 0 Å². The summed E-state index contributed by atoms with van der Waals surface area (Å²) in [5.74, 6) is 0.243. The van der Waals surface area contributed by atoms with Gasteiger partial charge in [0.05, 0.1) is 11.7 Å². The lowest BCUT2D eigenvalue weighted by molar-refractivity contribution is -0.137. The van der Waals surface area contributed by atoms with Gasteiger partial charge in [-0.05, 0) is 48.3 Å². The number of carbonyl (C=O) groups is 1. The molecule has 5 rings (SSSR count). The molecule has 3 aliphatic rings. The molecule has 1 aliphatic carbocycles. The number of aromatic nitrogens is 2. The summed E-state index contributed by atoms with van der Waals surface area (Å²) in [6, 6.07) is 3.58.